The number of halogens is 5. The van der Waals surface area contributed by atoms with Crippen molar-refractivity contribution in [3.05, 3.63) is 36.1 Å². The Balaban J connectivity index is 1.62. The largest absolute Gasteiger partial charge is 0.433 e. The van der Waals surface area contributed by atoms with Gasteiger partial charge in [-0.1, -0.05) is 0 Å². The fourth-order valence-electron chi connectivity index (χ4n) is 3.78. The van der Waals surface area contributed by atoms with Gasteiger partial charge in [-0.15, -0.1) is 0 Å². The number of benzene rings is 1. The Hall–Kier alpha value is -2.69. The van der Waals surface area contributed by atoms with Crippen LogP contribution in [0.2, 0.25) is 0 Å². The van der Waals surface area contributed by atoms with Gasteiger partial charge in [0.05, 0.1) is 12.6 Å². The summed E-state index contributed by atoms with van der Waals surface area (Å²) in [6.45, 7) is -1.50. The van der Waals surface area contributed by atoms with E-state index in [1.165, 1.54) is 12.1 Å². The average molecular weight is 416 g/mol. The van der Waals surface area contributed by atoms with E-state index < -0.39 is 24.5 Å². The van der Waals surface area contributed by atoms with Crippen LogP contribution < -0.4 is 20.3 Å². The molecule has 2 aliphatic heterocycles. The number of aromatic nitrogens is 2. The molecule has 2 aromatic rings. The second-order valence-corrected chi connectivity index (χ2v) is 6.85. The molecule has 6 nitrogen and oxygen atoms in total. The average Bonchev–Trinajstić information content (AvgIpc) is 2.90. The molecule has 1 aromatic carbocycles. The van der Waals surface area contributed by atoms with Gasteiger partial charge in [-0.3, -0.25) is 0 Å². The lowest BCUT2D eigenvalue weighted by Gasteiger charge is -2.37. The number of fused-ring (bicyclic) bond motifs is 2. The minimum atomic E-state index is -4.76. The first kappa shape index (κ1) is 18.3. The standard InChI is InChI=1S/C18H18F5N5O/c19-16(20)29-15-5-11(28-12-1-2-13(28)9-24-8-12)3-4-14(15)27-17-25-6-10(7-26-17)18(21,22)23/h3-7,12-13,16,24H,1-2,8-9H2,(H,25,26,27)/t12-,13+/i6D. The van der Waals surface area contributed by atoms with Crippen LogP contribution in [0, 0.1) is 0 Å². The first-order valence-electron chi connectivity index (χ1n) is 9.48. The Labute approximate surface area is 164 Å². The molecule has 2 aliphatic rings. The van der Waals surface area contributed by atoms with Crippen LogP contribution in [-0.2, 0) is 6.18 Å². The minimum absolute atomic E-state index is 0.0562. The third-order valence-electron chi connectivity index (χ3n) is 5.01. The molecule has 2 N–H and O–H groups in total. The number of anilines is 3. The lowest BCUT2D eigenvalue weighted by atomic mass is 10.1. The topological polar surface area (TPSA) is 62.3 Å². The van der Waals surface area contributed by atoms with Crippen molar-refractivity contribution in [3.8, 4) is 5.75 Å². The molecular formula is C18H18F5N5O. The predicted molar refractivity (Wildman–Crippen MR) is 95.5 cm³/mol. The lowest BCUT2D eigenvalue weighted by molar-refractivity contribution is -0.138. The second kappa shape index (κ2) is 7.62. The zero-order valence-corrected chi connectivity index (χ0v) is 15.0. The van der Waals surface area contributed by atoms with Crippen molar-refractivity contribution < 1.29 is 28.1 Å². The maximum absolute atomic E-state index is 13.0. The summed E-state index contributed by atoms with van der Waals surface area (Å²) in [4.78, 5) is 9.18. The maximum atomic E-state index is 13.0. The van der Waals surface area contributed by atoms with E-state index in [0.29, 0.717) is 6.20 Å². The molecule has 4 rings (SSSR count). The first-order valence-corrected chi connectivity index (χ1v) is 8.98. The highest BCUT2D eigenvalue weighted by atomic mass is 19.4. The molecule has 156 valence electrons. The van der Waals surface area contributed by atoms with Crippen LogP contribution in [0.1, 0.15) is 19.8 Å². The highest BCUT2D eigenvalue weighted by Crippen LogP contribution is 2.38. The molecule has 0 saturated carbocycles. The molecule has 11 heteroatoms. The van der Waals surface area contributed by atoms with Crippen molar-refractivity contribution in [2.45, 2.75) is 37.7 Å². The van der Waals surface area contributed by atoms with Crippen LogP contribution in [0.4, 0.5) is 39.3 Å². The van der Waals surface area contributed by atoms with Crippen LogP contribution in [0.5, 0.6) is 5.75 Å². The quantitative estimate of drug-likeness (QED) is 0.724. The summed E-state index contributed by atoms with van der Waals surface area (Å²) in [6.07, 6.45) is -3.32. The summed E-state index contributed by atoms with van der Waals surface area (Å²) in [6, 6.07) is 5.19. The highest BCUT2D eigenvalue weighted by molar-refractivity contribution is 5.69. The normalized spacial score (nSPS) is 22.0. The van der Waals surface area contributed by atoms with E-state index in [1.54, 1.807) is 6.07 Å². The van der Waals surface area contributed by atoms with E-state index in [9.17, 15) is 22.0 Å². The van der Waals surface area contributed by atoms with Crippen LogP contribution in [0.3, 0.4) is 0 Å². The first-order chi connectivity index (χ1) is 14.2. The summed E-state index contributed by atoms with van der Waals surface area (Å²) in [5.41, 5.74) is -0.512. The summed E-state index contributed by atoms with van der Waals surface area (Å²) >= 11 is 0. The number of piperazine rings is 1. The van der Waals surface area contributed by atoms with E-state index in [2.05, 4.69) is 30.2 Å². The number of ether oxygens (including phenoxy) is 1. The fourth-order valence-corrected chi connectivity index (χ4v) is 3.78. The fraction of sp³-hybridized carbons (Fsp3) is 0.444. The van der Waals surface area contributed by atoms with Crippen LogP contribution in [0.25, 0.3) is 0 Å². The van der Waals surface area contributed by atoms with Gasteiger partial charge in [0, 0.05) is 49.3 Å². The van der Waals surface area contributed by atoms with E-state index in [-0.39, 0.29) is 29.5 Å². The summed E-state index contributed by atoms with van der Waals surface area (Å²) < 4.78 is 76.3. The number of hydrogen-bond acceptors (Lipinski definition) is 6. The van der Waals surface area contributed by atoms with Gasteiger partial charge in [0.2, 0.25) is 5.95 Å². The van der Waals surface area contributed by atoms with Crippen molar-refractivity contribution >= 4 is 17.3 Å². The van der Waals surface area contributed by atoms with E-state index >= 15 is 0 Å². The lowest BCUT2D eigenvalue weighted by Crippen LogP contribution is -2.51. The van der Waals surface area contributed by atoms with Crippen LogP contribution in [0.15, 0.2) is 30.6 Å². The molecule has 0 aliphatic carbocycles. The SMILES string of the molecule is [2H]c1nc(Nc2ccc(N3[C@@H]4CC[C@H]3CNC4)cc2OC(F)F)ncc1C(F)(F)F. The number of alkyl halides is 5. The van der Waals surface area contributed by atoms with Crippen LogP contribution >= 0.6 is 0 Å². The molecule has 2 bridgehead atoms. The molecule has 1 aromatic heterocycles. The van der Waals surface area contributed by atoms with Gasteiger partial charge in [-0.05, 0) is 25.0 Å². The summed E-state index contributed by atoms with van der Waals surface area (Å²) in [5, 5.41) is 5.90. The number of rotatable bonds is 5. The molecule has 0 spiro atoms. The smallest absolute Gasteiger partial charge is 0.419 e. The minimum Gasteiger partial charge on any atom is -0.433 e. The van der Waals surface area contributed by atoms with Gasteiger partial charge in [0.15, 0.2) is 5.75 Å². The molecule has 2 fully saturated rings. The van der Waals surface area contributed by atoms with Gasteiger partial charge >= 0.3 is 12.8 Å². The number of nitrogens with zero attached hydrogens (tertiary/aromatic N) is 3. The molecule has 0 amide bonds. The highest BCUT2D eigenvalue weighted by Gasteiger charge is 2.37. The Morgan fingerprint density at radius 3 is 2.55 bits per heavy atom. The van der Waals surface area contributed by atoms with Gasteiger partial charge in [0.1, 0.15) is 0 Å². The molecule has 3 heterocycles. The van der Waals surface area contributed by atoms with Crippen molar-refractivity contribution in [3.63, 3.8) is 0 Å². The molecular weight excluding hydrogens is 397 g/mol. The Bertz CT molecular complexity index is 912. The third kappa shape index (κ3) is 4.19. The second-order valence-electron chi connectivity index (χ2n) is 6.85. The Morgan fingerprint density at radius 1 is 1.21 bits per heavy atom. The van der Waals surface area contributed by atoms with Gasteiger partial charge < -0.3 is 20.3 Å². The molecule has 2 atom stereocenters. The van der Waals surface area contributed by atoms with Crippen molar-refractivity contribution in [2.75, 3.05) is 23.3 Å². The number of hydrogen-bond donors (Lipinski definition) is 2. The molecule has 0 radical (unpaired) electrons. The third-order valence-corrected chi connectivity index (χ3v) is 5.01. The van der Waals surface area contributed by atoms with Gasteiger partial charge in [0.25, 0.3) is 0 Å². The van der Waals surface area contributed by atoms with Crippen molar-refractivity contribution in [2.24, 2.45) is 0 Å². The molecule has 29 heavy (non-hydrogen) atoms. The van der Waals surface area contributed by atoms with Crippen molar-refractivity contribution in [1.29, 1.82) is 0 Å². The number of nitrogens with one attached hydrogen (secondary N) is 2. The van der Waals surface area contributed by atoms with Gasteiger partial charge in [-0.25, -0.2) is 9.97 Å². The molecule has 0 unspecified atom stereocenters. The zero-order chi connectivity index (χ0) is 21.5. The van der Waals surface area contributed by atoms with E-state index in [0.717, 1.165) is 31.6 Å². The Morgan fingerprint density at radius 2 is 1.93 bits per heavy atom. The molecule has 2 saturated heterocycles. The predicted octanol–water partition coefficient (Wildman–Crippen LogP) is 3.78. The summed E-state index contributed by atoms with van der Waals surface area (Å²) in [7, 11) is 0. The Kier molecular flexibility index (Phi) is 4.82. The van der Waals surface area contributed by atoms with Crippen molar-refractivity contribution in [1.82, 2.24) is 15.3 Å². The van der Waals surface area contributed by atoms with E-state index in [4.69, 9.17) is 1.37 Å². The summed E-state index contributed by atoms with van der Waals surface area (Å²) in [5.74, 6) is -0.516. The van der Waals surface area contributed by atoms with Crippen LogP contribution in [-0.4, -0.2) is 41.8 Å². The van der Waals surface area contributed by atoms with E-state index in [1.807, 2.05) is 0 Å². The monoisotopic (exact) mass is 416 g/mol. The zero-order valence-electron chi connectivity index (χ0n) is 16.0. The maximum Gasteiger partial charge on any atom is 0.419 e. The van der Waals surface area contributed by atoms with Gasteiger partial charge in [-0.2, -0.15) is 22.0 Å².